The van der Waals surface area contributed by atoms with E-state index in [1.54, 1.807) is 29.1 Å². The standard InChI is InChI=1S/C22H18F3N5OS2/c1-14(19(31)27-20-26-10-11-32-20)33-21-29-28-18(30(21)17-8-3-2-4-9-17)13-15-6-5-7-16(12-15)22(23,24)25/h2-12,14H,13H2,1H3,(H,26,27,31). The van der Waals surface area contributed by atoms with Crippen LogP contribution in [-0.2, 0) is 17.4 Å². The van der Waals surface area contributed by atoms with Crippen LogP contribution in [0.4, 0.5) is 18.3 Å². The zero-order chi connectivity index (χ0) is 23.4. The fourth-order valence-corrected chi connectivity index (χ4v) is 4.49. The highest BCUT2D eigenvalue weighted by Gasteiger charge is 2.30. The van der Waals surface area contributed by atoms with Crippen LogP contribution in [0.25, 0.3) is 5.69 Å². The summed E-state index contributed by atoms with van der Waals surface area (Å²) in [6, 6.07) is 14.4. The van der Waals surface area contributed by atoms with E-state index in [4.69, 9.17) is 0 Å². The highest BCUT2D eigenvalue weighted by Crippen LogP contribution is 2.31. The smallest absolute Gasteiger partial charge is 0.301 e. The average Bonchev–Trinajstić information content (AvgIpc) is 3.44. The summed E-state index contributed by atoms with van der Waals surface area (Å²) < 4.78 is 41.2. The second-order valence-corrected chi connectivity index (χ2v) is 9.23. The maximum absolute atomic E-state index is 13.1. The van der Waals surface area contributed by atoms with Crippen LogP contribution in [0.5, 0.6) is 0 Å². The largest absolute Gasteiger partial charge is 0.416 e. The van der Waals surface area contributed by atoms with Gasteiger partial charge in [-0.2, -0.15) is 13.2 Å². The minimum atomic E-state index is -4.43. The molecule has 0 spiro atoms. The first-order valence-electron chi connectivity index (χ1n) is 9.84. The highest BCUT2D eigenvalue weighted by molar-refractivity contribution is 8.00. The number of amides is 1. The van der Waals surface area contributed by atoms with E-state index in [-0.39, 0.29) is 12.3 Å². The van der Waals surface area contributed by atoms with Crippen LogP contribution in [0.15, 0.2) is 71.3 Å². The number of nitrogens with one attached hydrogen (secondary N) is 1. The van der Waals surface area contributed by atoms with Crippen molar-refractivity contribution in [3.05, 3.63) is 83.1 Å². The molecule has 2 aromatic heterocycles. The van der Waals surface area contributed by atoms with Crippen molar-refractivity contribution in [1.29, 1.82) is 0 Å². The van der Waals surface area contributed by atoms with Gasteiger partial charge in [-0.05, 0) is 30.7 Å². The predicted molar refractivity (Wildman–Crippen MR) is 122 cm³/mol. The molecule has 2 heterocycles. The molecule has 4 aromatic rings. The second kappa shape index (κ2) is 9.75. The number of anilines is 1. The number of alkyl halides is 3. The Bertz CT molecular complexity index is 1230. The summed E-state index contributed by atoms with van der Waals surface area (Å²) in [6.45, 7) is 1.74. The van der Waals surface area contributed by atoms with Crippen LogP contribution >= 0.6 is 23.1 Å². The molecule has 0 bridgehead atoms. The Labute approximate surface area is 195 Å². The van der Waals surface area contributed by atoms with Crippen LogP contribution in [0.2, 0.25) is 0 Å². The summed E-state index contributed by atoms with van der Waals surface area (Å²) in [7, 11) is 0. The summed E-state index contributed by atoms with van der Waals surface area (Å²) in [6.07, 6.45) is -2.68. The third-order valence-corrected chi connectivity index (χ3v) is 6.38. The number of hydrogen-bond donors (Lipinski definition) is 1. The van der Waals surface area contributed by atoms with Crippen LogP contribution in [0, 0.1) is 0 Å². The van der Waals surface area contributed by atoms with E-state index in [1.807, 2.05) is 30.3 Å². The molecule has 0 aliphatic heterocycles. The molecule has 170 valence electrons. The lowest BCUT2D eigenvalue weighted by Gasteiger charge is -2.14. The molecule has 1 atom stereocenters. The fourth-order valence-electron chi connectivity index (χ4n) is 3.07. The molecule has 1 amide bonds. The molecule has 0 saturated carbocycles. The van der Waals surface area contributed by atoms with Gasteiger partial charge in [-0.1, -0.05) is 48.2 Å². The SMILES string of the molecule is CC(Sc1nnc(Cc2cccc(C(F)(F)F)c2)n1-c1ccccc1)C(=O)Nc1nccs1. The molecule has 0 aliphatic rings. The first kappa shape index (κ1) is 23.0. The van der Waals surface area contributed by atoms with Gasteiger partial charge in [-0.15, -0.1) is 21.5 Å². The molecule has 2 aromatic carbocycles. The molecule has 1 unspecified atom stereocenters. The van der Waals surface area contributed by atoms with Gasteiger partial charge in [-0.25, -0.2) is 4.98 Å². The molecular weight excluding hydrogens is 471 g/mol. The summed E-state index contributed by atoms with van der Waals surface area (Å²) >= 11 is 2.53. The quantitative estimate of drug-likeness (QED) is 0.350. The molecule has 0 radical (unpaired) electrons. The molecule has 6 nitrogen and oxygen atoms in total. The Morgan fingerprint density at radius 2 is 1.94 bits per heavy atom. The third-order valence-electron chi connectivity index (χ3n) is 4.65. The highest BCUT2D eigenvalue weighted by atomic mass is 32.2. The molecule has 0 fully saturated rings. The van der Waals surface area contributed by atoms with Gasteiger partial charge in [0, 0.05) is 23.7 Å². The topological polar surface area (TPSA) is 72.7 Å². The molecule has 4 rings (SSSR count). The van der Waals surface area contributed by atoms with E-state index in [9.17, 15) is 18.0 Å². The van der Waals surface area contributed by atoms with Crippen molar-refractivity contribution in [2.24, 2.45) is 0 Å². The summed E-state index contributed by atoms with van der Waals surface area (Å²) in [5, 5.41) is 13.4. The van der Waals surface area contributed by atoms with Gasteiger partial charge in [0.1, 0.15) is 5.82 Å². The molecule has 0 saturated heterocycles. The number of halogens is 3. The predicted octanol–water partition coefficient (Wildman–Crippen LogP) is 5.45. The maximum Gasteiger partial charge on any atom is 0.416 e. The summed E-state index contributed by atoms with van der Waals surface area (Å²) in [5.74, 6) is 0.229. The van der Waals surface area contributed by atoms with Crippen LogP contribution < -0.4 is 5.32 Å². The van der Waals surface area contributed by atoms with E-state index in [2.05, 4.69) is 20.5 Å². The first-order chi connectivity index (χ1) is 15.8. The van der Waals surface area contributed by atoms with Crippen molar-refractivity contribution in [2.75, 3.05) is 5.32 Å². The Hall–Kier alpha value is -3.18. The number of para-hydroxylation sites is 1. The normalized spacial score (nSPS) is 12.5. The first-order valence-corrected chi connectivity index (χ1v) is 11.6. The monoisotopic (exact) mass is 489 g/mol. The number of rotatable bonds is 7. The van der Waals surface area contributed by atoms with E-state index >= 15 is 0 Å². The lowest BCUT2D eigenvalue weighted by atomic mass is 10.1. The third kappa shape index (κ3) is 5.60. The number of thioether (sulfide) groups is 1. The van der Waals surface area contributed by atoms with Gasteiger partial charge in [-0.3, -0.25) is 9.36 Å². The number of thiazole rings is 1. The number of aromatic nitrogens is 4. The van der Waals surface area contributed by atoms with Crippen molar-refractivity contribution in [2.45, 2.75) is 29.9 Å². The zero-order valence-corrected chi connectivity index (χ0v) is 18.9. The van der Waals surface area contributed by atoms with Crippen molar-refractivity contribution in [3.8, 4) is 5.69 Å². The number of hydrogen-bond acceptors (Lipinski definition) is 6. The van der Waals surface area contributed by atoms with E-state index in [0.717, 1.165) is 17.8 Å². The minimum absolute atomic E-state index is 0.145. The van der Waals surface area contributed by atoms with Crippen molar-refractivity contribution in [1.82, 2.24) is 19.7 Å². The van der Waals surface area contributed by atoms with Crippen LogP contribution in [-0.4, -0.2) is 30.9 Å². The van der Waals surface area contributed by atoms with Crippen LogP contribution in [0.1, 0.15) is 23.9 Å². The maximum atomic E-state index is 13.1. The van der Waals surface area contributed by atoms with Crippen molar-refractivity contribution >= 4 is 34.1 Å². The Kier molecular flexibility index (Phi) is 6.80. The summed E-state index contributed by atoms with van der Waals surface area (Å²) in [5.41, 5.74) is 0.493. The van der Waals surface area contributed by atoms with Crippen molar-refractivity contribution in [3.63, 3.8) is 0 Å². The van der Waals surface area contributed by atoms with Gasteiger partial charge in [0.2, 0.25) is 5.91 Å². The molecule has 0 aliphatic carbocycles. The summed E-state index contributed by atoms with van der Waals surface area (Å²) in [4.78, 5) is 16.6. The lowest BCUT2D eigenvalue weighted by molar-refractivity contribution is -0.137. The van der Waals surface area contributed by atoms with Gasteiger partial charge in [0.25, 0.3) is 0 Å². The number of benzene rings is 2. The minimum Gasteiger partial charge on any atom is -0.301 e. The zero-order valence-electron chi connectivity index (χ0n) is 17.3. The number of carbonyl (C=O) groups excluding carboxylic acids is 1. The second-order valence-electron chi connectivity index (χ2n) is 7.03. The Morgan fingerprint density at radius 3 is 2.64 bits per heavy atom. The van der Waals surface area contributed by atoms with Gasteiger partial charge < -0.3 is 5.32 Å². The van der Waals surface area contributed by atoms with E-state index in [1.165, 1.54) is 29.2 Å². The lowest BCUT2D eigenvalue weighted by Crippen LogP contribution is -2.22. The van der Waals surface area contributed by atoms with Gasteiger partial charge in [0.05, 0.1) is 10.8 Å². The molecule has 11 heteroatoms. The van der Waals surface area contributed by atoms with E-state index < -0.39 is 17.0 Å². The van der Waals surface area contributed by atoms with Crippen molar-refractivity contribution < 1.29 is 18.0 Å². The Balaban J connectivity index is 1.62. The number of carbonyl (C=O) groups is 1. The number of nitrogens with zero attached hydrogens (tertiary/aromatic N) is 4. The van der Waals surface area contributed by atoms with Gasteiger partial charge >= 0.3 is 6.18 Å². The van der Waals surface area contributed by atoms with Gasteiger partial charge in [0.15, 0.2) is 10.3 Å². The molecule has 1 N–H and O–H groups in total. The van der Waals surface area contributed by atoms with Crippen LogP contribution in [0.3, 0.4) is 0 Å². The fraction of sp³-hybridized carbons (Fsp3) is 0.182. The van der Waals surface area contributed by atoms with E-state index in [0.29, 0.717) is 21.7 Å². The average molecular weight is 490 g/mol. The molecular formula is C22H18F3N5OS2. The molecule has 33 heavy (non-hydrogen) atoms. The Morgan fingerprint density at radius 1 is 1.15 bits per heavy atom.